The van der Waals surface area contributed by atoms with E-state index in [0.29, 0.717) is 12.6 Å². The van der Waals surface area contributed by atoms with Crippen LogP contribution in [0.1, 0.15) is 25.8 Å². The molecule has 0 amide bonds. The van der Waals surface area contributed by atoms with Gasteiger partial charge in [-0.25, -0.2) is 0 Å². The van der Waals surface area contributed by atoms with E-state index in [9.17, 15) is 5.11 Å². The molecule has 0 aromatic heterocycles. The van der Waals surface area contributed by atoms with Crippen LogP contribution in [0.4, 0.5) is 0 Å². The van der Waals surface area contributed by atoms with Crippen molar-refractivity contribution in [3.63, 3.8) is 0 Å². The number of rotatable bonds is 7. The molecule has 1 aromatic rings. The number of ether oxygens (including phenoxy) is 1. The molecule has 0 saturated carbocycles. The quantitative estimate of drug-likeness (QED) is 0.807. The largest absolute Gasteiger partial charge is 0.496 e. The summed E-state index contributed by atoms with van der Waals surface area (Å²) in [6, 6.07) is 8.48. The Kier molecular flexibility index (Phi) is 6.16. The minimum absolute atomic E-state index is 0.241. The number of para-hydroxylation sites is 1. The van der Waals surface area contributed by atoms with Gasteiger partial charge in [-0.2, -0.15) is 0 Å². The minimum atomic E-state index is -0.241. The van der Waals surface area contributed by atoms with E-state index in [1.54, 1.807) is 7.11 Å². The van der Waals surface area contributed by atoms with Gasteiger partial charge in [-0.1, -0.05) is 25.1 Å². The van der Waals surface area contributed by atoms with Gasteiger partial charge in [0, 0.05) is 12.6 Å². The van der Waals surface area contributed by atoms with E-state index in [2.05, 4.69) is 24.9 Å². The number of likely N-dealkylation sites (N-methyl/N-ethyl adjacent to an activating group) is 1. The third kappa shape index (κ3) is 4.31. The average Bonchev–Trinajstić information content (AvgIpc) is 2.39. The molecule has 0 saturated heterocycles. The van der Waals surface area contributed by atoms with Crippen LogP contribution in [-0.2, 0) is 6.42 Å². The van der Waals surface area contributed by atoms with Gasteiger partial charge in [0.2, 0.25) is 0 Å². The van der Waals surface area contributed by atoms with Crippen molar-refractivity contribution in [2.45, 2.75) is 38.8 Å². The summed E-state index contributed by atoms with van der Waals surface area (Å²) in [5.41, 5.74) is 1.21. The summed E-state index contributed by atoms with van der Waals surface area (Å²) in [7, 11) is 3.76. The van der Waals surface area contributed by atoms with Crippen LogP contribution in [0.5, 0.6) is 5.75 Å². The molecule has 2 unspecified atom stereocenters. The molecule has 0 aliphatic heterocycles. The lowest BCUT2D eigenvalue weighted by Gasteiger charge is -2.27. The molecule has 2 atom stereocenters. The van der Waals surface area contributed by atoms with Crippen molar-refractivity contribution in [1.29, 1.82) is 0 Å². The molecular formula is C15H25NO2. The average molecular weight is 251 g/mol. The fourth-order valence-electron chi connectivity index (χ4n) is 1.99. The summed E-state index contributed by atoms with van der Waals surface area (Å²) in [5, 5.41) is 9.68. The van der Waals surface area contributed by atoms with E-state index < -0.39 is 0 Å². The summed E-state index contributed by atoms with van der Waals surface area (Å²) in [4.78, 5) is 2.20. The summed E-state index contributed by atoms with van der Waals surface area (Å²) in [6.07, 6.45) is 1.48. The number of aliphatic hydroxyl groups is 1. The zero-order chi connectivity index (χ0) is 13.5. The van der Waals surface area contributed by atoms with Crippen LogP contribution < -0.4 is 4.74 Å². The Bertz CT molecular complexity index is 354. The Morgan fingerprint density at radius 2 is 2.00 bits per heavy atom. The van der Waals surface area contributed by atoms with Gasteiger partial charge in [-0.15, -0.1) is 0 Å². The molecule has 18 heavy (non-hydrogen) atoms. The van der Waals surface area contributed by atoms with Gasteiger partial charge in [0.05, 0.1) is 13.2 Å². The number of methoxy groups -OCH3 is 1. The minimum Gasteiger partial charge on any atom is -0.496 e. The maximum absolute atomic E-state index is 9.68. The van der Waals surface area contributed by atoms with Crippen molar-refractivity contribution >= 4 is 0 Å². The topological polar surface area (TPSA) is 32.7 Å². The number of benzene rings is 1. The van der Waals surface area contributed by atoms with E-state index in [1.165, 1.54) is 5.56 Å². The van der Waals surface area contributed by atoms with Gasteiger partial charge in [-0.3, -0.25) is 0 Å². The number of hydrogen-bond acceptors (Lipinski definition) is 3. The molecule has 0 aliphatic carbocycles. The molecule has 3 nitrogen and oxygen atoms in total. The molecular weight excluding hydrogens is 226 g/mol. The van der Waals surface area contributed by atoms with Crippen LogP contribution in [-0.4, -0.2) is 42.9 Å². The van der Waals surface area contributed by atoms with Crippen LogP contribution in [0, 0.1) is 0 Å². The fourth-order valence-corrected chi connectivity index (χ4v) is 1.99. The van der Waals surface area contributed by atoms with Crippen molar-refractivity contribution in [2.24, 2.45) is 0 Å². The predicted molar refractivity (Wildman–Crippen MR) is 75.1 cm³/mol. The highest BCUT2D eigenvalue weighted by atomic mass is 16.5. The molecule has 102 valence electrons. The summed E-state index contributed by atoms with van der Waals surface area (Å²) in [5.74, 6) is 0.939. The molecule has 1 aromatic carbocycles. The first-order valence-electron chi connectivity index (χ1n) is 6.58. The van der Waals surface area contributed by atoms with Crippen LogP contribution in [0.2, 0.25) is 0 Å². The molecule has 0 bridgehead atoms. The molecule has 0 aliphatic rings. The van der Waals surface area contributed by atoms with E-state index in [1.807, 2.05) is 25.1 Å². The third-order valence-electron chi connectivity index (χ3n) is 3.43. The third-order valence-corrected chi connectivity index (χ3v) is 3.43. The van der Waals surface area contributed by atoms with Gasteiger partial charge in [0.15, 0.2) is 0 Å². The second kappa shape index (κ2) is 7.39. The summed E-state index contributed by atoms with van der Waals surface area (Å²) >= 11 is 0. The van der Waals surface area contributed by atoms with Crippen molar-refractivity contribution in [2.75, 3.05) is 20.7 Å². The first-order chi connectivity index (χ1) is 8.58. The SMILES string of the molecule is CCC(O)CN(C)C(C)Cc1ccccc1OC. The first kappa shape index (κ1) is 15.0. The predicted octanol–water partition coefficient (Wildman–Crippen LogP) is 2.33. The molecule has 0 spiro atoms. The van der Waals surface area contributed by atoms with Crippen molar-refractivity contribution in [3.8, 4) is 5.75 Å². The molecule has 1 N–H and O–H groups in total. The highest BCUT2D eigenvalue weighted by Gasteiger charge is 2.14. The monoisotopic (exact) mass is 251 g/mol. The van der Waals surface area contributed by atoms with Crippen molar-refractivity contribution in [3.05, 3.63) is 29.8 Å². The van der Waals surface area contributed by atoms with E-state index in [-0.39, 0.29) is 6.10 Å². The van der Waals surface area contributed by atoms with Gasteiger partial charge in [0.1, 0.15) is 5.75 Å². The van der Waals surface area contributed by atoms with Crippen LogP contribution in [0.15, 0.2) is 24.3 Å². The normalized spacial score (nSPS) is 14.6. The van der Waals surface area contributed by atoms with Gasteiger partial charge in [0.25, 0.3) is 0 Å². The maximum Gasteiger partial charge on any atom is 0.122 e. The second-order valence-electron chi connectivity index (χ2n) is 4.87. The maximum atomic E-state index is 9.68. The molecule has 0 radical (unpaired) electrons. The highest BCUT2D eigenvalue weighted by Crippen LogP contribution is 2.20. The smallest absolute Gasteiger partial charge is 0.122 e. The van der Waals surface area contributed by atoms with Crippen molar-refractivity contribution in [1.82, 2.24) is 4.90 Å². The van der Waals surface area contributed by atoms with Crippen LogP contribution >= 0.6 is 0 Å². The van der Waals surface area contributed by atoms with E-state index in [0.717, 1.165) is 18.6 Å². The lowest BCUT2D eigenvalue weighted by molar-refractivity contribution is 0.105. The Hall–Kier alpha value is -1.06. The molecule has 3 heteroatoms. The van der Waals surface area contributed by atoms with E-state index >= 15 is 0 Å². The Balaban J connectivity index is 2.60. The van der Waals surface area contributed by atoms with Gasteiger partial charge < -0.3 is 14.7 Å². The van der Waals surface area contributed by atoms with Crippen molar-refractivity contribution < 1.29 is 9.84 Å². The summed E-state index contributed by atoms with van der Waals surface area (Å²) < 4.78 is 5.36. The number of hydrogen-bond donors (Lipinski definition) is 1. The highest BCUT2D eigenvalue weighted by molar-refractivity contribution is 5.33. The zero-order valence-corrected chi connectivity index (χ0v) is 11.9. The van der Waals surface area contributed by atoms with E-state index in [4.69, 9.17) is 4.74 Å². The number of aliphatic hydroxyl groups excluding tert-OH is 1. The number of nitrogens with zero attached hydrogens (tertiary/aromatic N) is 1. The molecule has 0 fully saturated rings. The Morgan fingerprint density at radius 1 is 1.33 bits per heavy atom. The summed E-state index contributed by atoms with van der Waals surface area (Å²) in [6.45, 7) is 4.89. The Morgan fingerprint density at radius 3 is 2.61 bits per heavy atom. The molecule has 0 heterocycles. The lowest BCUT2D eigenvalue weighted by atomic mass is 10.0. The second-order valence-corrected chi connectivity index (χ2v) is 4.87. The zero-order valence-electron chi connectivity index (χ0n) is 11.9. The standard InChI is InChI=1S/C15H25NO2/c1-5-14(17)11-16(3)12(2)10-13-8-6-7-9-15(13)18-4/h6-9,12,14,17H,5,10-11H2,1-4H3. The molecule has 1 rings (SSSR count). The van der Waals surface area contributed by atoms with Crippen LogP contribution in [0.3, 0.4) is 0 Å². The lowest BCUT2D eigenvalue weighted by Crippen LogP contribution is -2.36. The first-order valence-corrected chi connectivity index (χ1v) is 6.58. The van der Waals surface area contributed by atoms with Gasteiger partial charge in [-0.05, 0) is 38.4 Å². The van der Waals surface area contributed by atoms with Crippen LogP contribution in [0.25, 0.3) is 0 Å². The Labute approximate surface area is 110 Å². The van der Waals surface area contributed by atoms with Gasteiger partial charge >= 0.3 is 0 Å². The fraction of sp³-hybridized carbons (Fsp3) is 0.600.